The quantitative estimate of drug-likeness (QED) is 0.326. The summed E-state index contributed by atoms with van der Waals surface area (Å²) in [5.41, 5.74) is 4.75. The molecule has 2 aromatic carbocycles. The van der Waals surface area contributed by atoms with Gasteiger partial charge in [0, 0.05) is 19.3 Å². The molecule has 5 aromatic rings. The zero-order valence-corrected chi connectivity index (χ0v) is 21.6. The van der Waals surface area contributed by atoms with Crippen molar-refractivity contribution in [3.8, 4) is 5.75 Å². The minimum Gasteiger partial charge on any atom is -0.497 e. The summed E-state index contributed by atoms with van der Waals surface area (Å²) in [7, 11) is 1.62. The van der Waals surface area contributed by atoms with E-state index in [0.29, 0.717) is 36.2 Å². The van der Waals surface area contributed by atoms with Gasteiger partial charge in [0.2, 0.25) is 0 Å². The van der Waals surface area contributed by atoms with Gasteiger partial charge in [-0.3, -0.25) is 19.4 Å². The molecular formula is C30H29N5O3. The third-order valence-electron chi connectivity index (χ3n) is 6.73. The first-order chi connectivity index (χ1) is 18.4. The molecule has 0 radical (unpaired) electrons. The molecule has 38 heavy (non-hydrogen) atoms. The third-order valence-corrected chi connectivity index (χ3v) is 6.73. The van der Waals surface area contributed by atoms with Gasteiger partial charge in [0.05, 0.1) is 18.1 Å². The van der Waals surface area contributed by atoms with Crippen molar-refractivity contribution < 1.29 is 9.53 Å². The molecule has 3 aromatic heterocycles. The first-order valence-electron chi connectivity index (χ1n) is 12.4. The Balaban J connectivity index is 1.59. The Labute approximate surface area is 219 Å². The number of nitrogens with zero attached hydrogens (tertiary/aromatic N) is 3. The lowest BCUT2D eigenvalue weighted by Gasteiger charge is -2.15. The molecule has 0 saturated heterocycles. The summed E-state index contributed by atoms with van der Waals surface area (Å²) in [6, 6.07) is 20.8. The standard InChI is InChI=1S/C30H29N5O3/c1-19-6-8-22(9-7-19)18-32-29(36)24-17-25-28(33-27-20(2)5-4-15-35(27)30(25)37)34(26(24)31)16-14-21-10-12-23(38-3)13-11-21/h4-13,15,17,31H,14,16,18H2,1-3H3,(H,32,36). The van der Waals surface area contributed by atoms with Crippen LogP contribution in [0.1, 0.15) is 32.6 Å². The predicted octanol–water partition coefficient (Wildman–Crippen LogP) is 3.93. The van der Waals surface area contributed by atoms with Crippen molar-refractivity contribution in [2.24, 2.45) is 0 Å². The first kappa shape index (κ1) is 25.0. The molecule has 0 aliphatic rings. The fourth-order valence-corrected chi connectivity index (χ4v) is 4.50. The Kier molecular flexibility index (Phi) is 6.79. The van der Waals surface area contributed by atoms with Crippen LogP contribution in [-0.2, 0) is 19.5 Å². The second kappa shape index (κ2) is 10.3. The van der Waals surface area contributed by atoms with Gasteiger partial charge in [-0.05, 0) is 61.2 Å². The number of carbonyl (C=O) groups is 1. The number of benzene rings is 2. The molecule has 0 atom stereocenters. The Bertz CT molecular complexity index is 1770. The van der Waals surface area contributed by atoms with E-state index in [1.807, 2.05) is 68.4 Å². The second-order valence-corrected chi connectivity index (χ2v) is 9.36. The van der Waals surface area contributed by atoms with Crippen LogP contribution in [0.25, 0.3) is 16.7 Å². The monoisotopic (exact) mass is 507 g/mol. The molecule has 0 spiro atoms. The van der Waals surface area contributed by atoms with Gasteiger partial charge < -0.3 is 14.6 Å². The van der Waals surface area contributed by atoms with Crippen LogP contribution in [0.3, 0.4) is 0 Å². The average Bonchev–Trinajstić information content (AvgIpc) is 2.93. The molecule has 0 aliphatic carbocycles. The van der Waals surface area contributed by atoms with Crippen molar-refractivity contribution in [3.05, 3.63) is 117 Å². The lowest BCUT2D eigenvalue weighted by molar-refractivity contribution is 0.0948. The number of aromatic nitrogens is 3. The van der Waals surface area contributed by atoms with Crippen molar-refractivity contribution >= 4 is 22.6 Å². The lowest BCUT2D eigenvalue weighted by atomic mass is 10.1. The predicted molar refractivity (Wildman–Crippen MR) is 147 cm³/mol. The van der Waals surface area contributed by atoms with E-state index in [-0.39, 0.29) is 16.6 Å². The highest BCUT2D eigenvalue weighted by atomic mass is 16.5. The normalized spacial score (nSPS) is 11.1. The minimum atomic E-state index is -0.413. The lowest BCUT2D eigenvalue weighted by Crippen LogP contribution is -2.35. The SMILES string of the molecule is COc1ccc(CCn2c(=N)c(C(=O)NCc3ccc(C)cc3)cc3c(=O)n4cccc(C)c4nc32)cc1. The molecule has 8 heteroatoms. The number of amides is 1. The van der Waals surface area contributed by atoms with E-state index in [4.69, 9.17) is 15.1 Å². The number of rotatable bonds is 7. The molecule has 0 saturated carbocycles. The molecular weight excluding hydrogens is 478 g/mol. The molecule has 0 unspecified atom stereocenters. The van der Waals surface area contributed by atoms with Crippen LogP contribution in [-0.4, -0.2) is 27.0 Å². The van der Waals surface area contributed by atoms with Crippen molar-refractivity contribution in [1.82, 2.24) is 19.3 Å². The highest BCUT2D eigenvalue weighted by Gasteiger charge is 2.18. The third kappa shape index (κ3) is 4.80. The van der Waals surface area contributed by atoms with Crippen LogP contribution in [0.2, 0.25) is 0 Å². The van der Waals surface area contributed by atoms with Gasteiger partial charge >= 0.3 is 0 Å². The van der Waals surface area contributed by atoms with Gasteiger partial charge in [-0.1, -0.05) is 48.0 Å². The Morgan fingerprint density at radius 3 is 2.42 bits per heavy atom. The number of fused-ring (bicyclic) bond motifs is 2. The summed E-state index contributed by atoms with van der Waals surface area (Å²) < 4.78 is 8.40. The highest BCUT2D eigenvalue weighted by Crippen LogP contribution is 2.16. The van der Waals surface area contributed by atoms with Crippen molar-refractivity contribution in [1.29, 1.82) is 5.41 Å². The number of aryl methyl sites for hydroxylation is 4. The van der Waals surface area contributed by atoms with Gasteiger partial charge in [0.1, 0.15) is 22.5 Å². The fraction of sp³-hybridized carbons (Fsp3) is 0.200. The number of methoxy groups -OCH3 is 1. The van der Waals surface area contributed by atoms with E-state index in [0.717, 1.165) is 28.0 Å². The first-order valence-corrected chi connectivity index (χ1v) is 12.4. The number of hydrogen-bond acceptors (Lipinski definition) is 5. The second-order valence-electron chi connectivity index (χ2n) is 9.36. The number of pyridine rings is 2. The molecule has 1 amide bonds. The number of carbonyl (C=O) groups excluding carboxylic acids is 1. The zero-order valence-electron chi connectivity index (χ0n) is 21.6. The Morgan fingerprint density at radius 1 is 1.00 bits per heavy atom. The summed E-state index contributed by atoms with van der Waals surface area (Å²) in [6.45, 7) is 4.59. The smallest absolute Gasteiger partial charge is 0.267 e. The Morgan fingerprint density at radius 2 is 1.71 bits per heavy atom. The minimum absolute atomic E-state index is 0.0113. The van der Waals surface area contributed by atoms with Gasteiger partial charge in [0.25, 0.3) is 11.5 Å². The van der Waals surface area contributed by atoms with Crippen LogP contribution in [0, 0.1) is 19.3 Å². The average molecular weight is 508 g/mol. The molecule has 192 valence electrons. The van der Waals surface area contributed by atoms with Crippen molar-refractivity contribution in [2.75, 3.05) is 7.11 Å². The van der Waals surface area contributed by atoms with E-state index in [1.165, 1.54) is 10.5 Å². The van der Waals surface area contributed by atoms with E-state index < -0.39 is 5.91 Å². The maximum atomic E-state index is 13.5. The van der Waals surface area contributed by atoms with Gasteiger partial charge in [-0.15, -0.1) is 0 Å². The summed E-state index contributed by atoms with van der Waals surface area (Å²) in [6.07, 6.45) is 2.25. The topological polar surface area (TPSA) is 101 Å². The largest absolute Gasteiger partial charge is 0.497 e. The van der Waals surface area contributed by atoms with Crippen LogP contribution >= 0.6 is 0 Å². The van der Waals surface area contributed by atoms with E-state index >= 15 is 0 Å². The fourth-order valence-electron chi connectivity index (χ4n) is 4.50. The van der Waals surface area contributed by atoms with Crippen LogP contribution < -0.4 is 21.1 Å². The molecule has 8 nitrogen and oxygen atoms in total. The van der Waals surface area contributed by atoms with Gasteiger partial charge in [-0.2, -0.15) is 0 Å². The number of hydrogen-bond donors (Lipinski definition) is 2. The summed E-state index contributed by atoms with van der Waals surface area (Å²) in [5, 5.41) is 12.2. The maximum absolute atomic E-state index is 13.5. The van der Waals surface area contributed by atoms with Crippen LogP contribution in [0.5, 0.6) is 5.75 Å². The van der Waals surface area contributed by atoms with E-state index in [1.54, 1.807) is 23.9 Å². The van der Waals surface area contributed by atoms with E-state index in [2.05, 4.69) is 5.32 Å². The molecule has 0 aliphatic heterocycles. The summed E-state index contributed by atoms with van der Waals surface area (Å²) in [4.78, 5) is 31.6. The summed E-state index contributed by atoms with van der Waals surface area (Å²) in [5.74, 6) is 0.348. The molecule has 0 fully saturated rings. The molecule has 2 N–H and O–H groups in total. The van der Waals surface area contributed by atoms with Gasteiger partial charge in [-0.25, -0.2) is 4.98 Å². The van der Waals surface area contributed by atoms with Crippen LogP contribution in [0.15, 0.2) is 77.7 Å². The van der Waals surface area contributed by atoms with E-state index in [9.17, 15) is 9.59 Å². The van der Waals surface area contributed by atoms with Crippen molar-refractivity contribution in [2.45, 2.75) is 33.4 Å². The number of nitrogens with one attached hydrogen (secondary N) is 2. The summed E-state index contributed by atoms with van der Waals surface area (Å²) >= 11 is 0. The molecule has 0 bridgehead atoms. The molecule has 3 heterocycles. The van der Waals surface area contributed by atoms with Crippen molar-refractivity contribution in [3.63, 3.8) is 0 Å². The highest BCUT2D eigenvalue weighted by molar-refractivity contribution is 5.96. The Hall–Kier alpha value is -4.72. The van der Waals surface area contributed by atoms with Gasteiger partial charge in [0.15, 0.2) is 0 Å². The zero-order chi connectivity index (χ0) is 26.8. The number of ether oxygens (including phenoxy) is 1. The molecule has 5 rings (SSSR count). The van der Waals surface area contributed by atoms with Crippen LogP contribution in [0.4, 0.5) is 0 Å². The maximum Gasteiger partial charge on any atom is 0.267 e.